The largest absolute Gasteiger partial charge is 0.380 e. The topological polar surface area (TPSA) is 20.2 Å². The Kier molecular flexibility index (Phi) is 6.50. The van der Waals surface area contributed by atoms with E-state index >= 15 is 0 Å². The third-order valence-electron chi connectivity index (χ3n) is 4.70. The van der Waals surface area contributed by atoms with E-state index in [2.05, 4.69) is 13.8 Å². The molecule has 24 heavy (non-hydrogen) atoms. The SMILES string of the molecule is CCCCC(CCC)C(O)(c1ccc(F)cc1)c1ccc(F)cc1. The molecule has 0 fully saturated rings. The fraction of sp³-hybridized carbons (Fsp3) is 0.429. The van der Waals surface area contributed by atoms with Crippen molar-refractivity contribution in [2.24, 2.45) is 5.92 Å². The van der Waals surface area contributed by atoms with Crippen LogP contribution in [0.25, 0.3) is 0 Å². The summed E-state index contributed by atoms with van der Waals surface area (Å²) in [5, 5.41) is 11.7. The normalized spacial score (nSPS) is 13.0. The molecule has 0 aromatic heterocycles. The Labute approximate surface area is 143 Å². The Morgan fingerprint density at radius 1 is 0.792 bits per heavy atom. The number of aliphatic hydroxyl groups is 1. The number of unbranched alkanes of at least 4 members (excludes halogenated alkanes) is 1. The molecule has 1 unspecified atom stereocenters. The third-order valence-corrected chi connectivity index (χ3v) is 4.70. The van der Waals surface area contributed by atoms with E-state index in [0.29, 0.717) is 11.1 Å². The van der Waals surface area contributed by atoms with E-state index in [-0.39, 0.29) is 17.6 Å². The van der Waals surface area contributed by atoms with Crippen LogP contribution in [0.5, 0.6) is 0 Å². The maximum atomic E-state index is 13.4. The Morgan fingerprint density at radius 2 is 1.25 bits per heavy atom. The van der Waals surface area contributed by atoms with Crippen LogP contribution in [-0.4, -0.2) is 5.11 Å². The molecule has 0 aliphatic rings. The minimum absolute atomic E-state index is 0.00151. The molecule has 1 nitrogen and oxygen atoms in total. The summed E-state index contributed by atoms with van der Waals surface area (Å²) in [6.07, 6.45) is 4.72. The number of hydrogen-bond acceptors (Lipinski definition) is 1. The van der Waals surface area contributed by atoms with Gasteiger partial charge in [-0.25, -0.2) is 8.78 Å². The number of benzene rings is 2. The minimum Gasteiger partial charge on any atom is -0.380 e. The average Bonchev–Trinajstić information content (AvgIpc) is 2.59. The first kappa shape index (κ1) is 18.6. The van der Waals surface area contributed by atoms with Crippen LogP contribution in [0, 0.1) is 17.6 Å². The molecule has 3 heteroatoms. The van der Waals surface area contributed by atoms with E-state index in [4.69, 9.17) is 0 Å². The summed E-state index contributed by atoms with van der Waals surface area (Å²) in [7, 11) is 0. The molecule has 0 aliphatic heterocycles. The van der Waals surface area contributed by atoms with Gasteiger partial charge in [-0.3, -0.25) is 0 Å². The van der Waals surface area contributed by atoms with Gasteiger partial charge in [0.15, 0.2) is 0 Å². The second-order valence-electron chi connectivity index (χ2n) is 6.41. The maximum absolute atomic E-state index is 13.4. The van der Waals surface area contributed by atoms with Crippen molar-refractivity contribution in [2.45, 2.75) is 51.6 Å². The van der Waals surface area contributed by atoms with Gasteiger partial charge in [-0.05, 0) is 54.2 Å². The predicted molar refractivity (Wildman–Crippen MR) is 93.7 cm³/mol. The smallest absolute Gasteiger partial charge is 0.123 e. The van der Waals surface area contributed by atoms with Gasteiger partial charge >= 0.3 is 0 Å². The first-order chi connectivity index (χ1) is 11.5. The van der Waals surface area contributed by atoms with Gasteiger partial charge in [0.1, 0.15) is 17.2 Å². The predicted octanol–water partition coefficient (Wildman–Crippen LogP) is 5.81. The average molecular weight is 332 g/mol. The molecule has 1 atom stereocenters. The molecule has 2 aromatic carbocycles. The Bertz CT molecular complexity index is 574. The Morgan fingerprint density at radius 3 is 1.62 bits per heavy atom. The van der Waals surface area contributed by atoms with Gasteiger partial charge in [0, 0.05) is 0 Å². The van der Waals surface area contributed by atoms with E-state index in [9.17, 15) is 13.9 Å². The molecule has 0 aliphatic carbocycles. The molecule has 0 amide bonds. The summed E-state index contributed by atoms with van der Waals surface area (Å²) in [4.78, 5) is 0. The van der Waals surface area contributed by atoms with Crippen LogP contribution >= 0.6 is 0 Å². The molecule has 0 heterocycles. The van der Waals surface area contributed by atoms with Crippen molar-refractivity contribution in [3.8, 4) is 0 Å². The first-order valence-electron chi connectivity index (χ1n) is 8.76. The van der Waals surface area contributed by atoms with Crippen molar-refractivity contribution in [2.75, 3.05) is 0 Å². The van der Waals surface area contributed by atoms with Crippen LogP contribution < -0.4 is 0 Å². The van der Waals surface area contributed by atoms with Crippen molar-refractivity contribution in [1.29, 1.82) is 0 Å². The zero-order valence-electron chi connectivity index (χ0n) is 14.4. The van der Waals surface area contributed by atoms with Gasteiger partial charge in [-0.2, -0.15) is 0 Å². The molecule has 1 N–H and O–H groups in total. The quantitative estimate of drug-likeness (QED) is 0.647. The fourth-order valence-corrected chi connectivity index (χ4v) is 3.41. The van der Waals surface area contributed by atoms with E-state index in [1.54, 1.807) is 24.3 Å². The summed E-state index contributed by atoms with van der Waals surface area (Å²) < 4.78 is 26.7. The first-order valence-corrected chi connectivity index (χ1v) is 8.76. The van der Waals surface area contributed by atoms with Crippen LogP contribution in [0.1, 0.15) is 57.1 Å². The van der Waals surface area contributed by atoms with E-state index < -0.39 is 5.60 Å². The van der Waals surface area contributed by atoms with Crippen molar-refractivity contribution >= 4 is 0 Å². The summed E-state index contributed by atoms with van der Waals surface area (Å²) in [5.74, 6) is -0.667. The van der Waals surface area contributed by atoms with Gasteiger partial charge in [-0.15, -0.1) is 0 Å². The van der Waals surface area contributed by atoms with Gasteiger partial charge < -0.3 is 5.11 Å². The zero-order valence-corrected chi connectivity index (χ0v) is 14.4. The molecule has 0 saturated heterocycles. The van der Waals surface area contributed by atoms with Crippen molar-refractivity contribution in [3.05, 3.63) is 71.3 Å². The minimum atomic E-state index is -1.24. The van der Waals surface area contributed by atoms with Crippen LogP contribution in [0.15, 0.2) is 48.5 Å². The third kappa shape index (κ3) is 4.02. The fourth-order valence-electron chi connectivity index (χ4n) is 3.41. The van der Waals surface area contributed by atoms with E-state index in [1.165, 1.54) is 24.3 Å². The second-order valence-corrected chi connectivity index (χ2v) is 6.41. The molecule has 2 rings (SSSR count). The molecule has 0 spiro atoms. The van der Waals surface area contributed by atoms with E-state index in [0.717, 1.165) is 32.1 Å². The Balaban J connectivity index is 2.53. The highest BCUT2D eigenvalue weighted by Gasteiger charge is 2.39. The maximum Gasteiger partial charge on any atom is 0.123 e. The van der Waals surface area contributed by atoms with Gasteiger partial charge in [0.05, 0.1) is 0 Å². The zero-order chi connectivity index (χ0) is 17.6. The highest BCUT2D eigenvalue weighted by Crippen LogP contribution is 2.41. The molecule has 2 aromatic rings. The van der Waals surface area contributed by atoms with Crippen molar-refractivity contribution in [1.82, 2.24) is 0 Å². The van der Waals surface area contributed by atoms with Crippen LogP contribution in [0.4, 0.5) is 8.78 Å². The second kappa shape index (κ2) is 8.39. The lowest BCUT2D eigenvalue weighted by atomic mass is 9.72. The lowest BCUT2D eigenvalue weighted by Crippen LogP contribution is -2.36. The van der Waals surface area contributed by atoms with Crippen LogP contribution in [0.3, 0.4) is 0 Å². The molecular formula is C21H26F2O. The number of halogens is 2. The van der Waals surface area contributed by atoms with Gasteiger partial charge in [-0.1, -0.05) is 57.4 Å². The molecule has 130 valence electrons. The number of hydrogen-bond donors (Lipinski definition) is 1. The Hall–Kier alpha value is -1.74. The molecule has 0 saturated carbocycles. The monoisotopic (exact) mass is 332 g/mol. The van der Waals surface area contributed by atoms with Crippen molar-refractivity contribution in [3.63, 3.8) is 0 Å². The lowest BCUT2D eigenvalue weighted by Gasteiger charge is -2.38. The van der Waals surface area contributed by atoms with Crippen LogP contribution in [-0.2, 0) is 5.60 Å². The standard InChI is InChI=1S/C21H26F2O/c1-3-5-7-16(6-4-2)21(24,17-8-12-19(22)13-9-17)18-10-14-20(23)15-11-18/h8-16,24H,3-7H2,1-2H3. The molecular weight excluding hydrogens is 306 g/mol. The van der Waals surface area contributed by atoms with Crippen LogP contribution in [0.2, 0.25) is 0 Å². The summed E-state index contributed by atoms with van der Waals surface area (Å²) in [6.45, 7) is 4.21. The summed E-state index contributed by atoms with van der Waals surface area (Å²) in [6, 6.07) is 12.0. The highest BCUT2D eigenvalue weighted by molar-refractivity contribution is 5.37. The van der Waals surface area contributed by atoms with Gasteiger partial charge in [0.2, 0.25) is 0 Å². The number of rotatable bonds is 8. The van der Waals surface area contributed by atoms with Gasteiger partial charge in [0.25, 0.3) is 0 Å². The lowest BCUT2D eigenvalue weighted by molar-refractivity contribution is 0.00662. The summed E-state index contributed by atoms with van der Waals surface area (Å²) in [5.41, 5.74) is 0.0715. The van der Waals surface area contributed by atoms with E-state index in [1.807, 2.05) is 0 Å². The molecule has 0 radical (unpaired) electrons. The summed E-state index contributed by atoms with van der Waals surface area (Å²) >= 11 is 0. The molecule has 0 bridgehead atoms. The van der Waals surface area contributed by atoms with Crippen molar-refractivity contribution < 1.29 is 13.9 Å². The highest BCUT2D eigenvalue weighted by atomic mass is 19.1.